The van der Waals surface area contributed by atoms with E-state index in [1.807, 2.05) is 12.1 Å². The van der Waals surface area contributed by atoms with E-state index in [4.69, 9.17) is 11.6 Å². The number of nitrogens with one attached hydrogen (secondary N) is 1. The number of pyridine rings is 1. The third-order valence-electron chi connectivity index (χ3n) is 2.90. The summed E-state index contributed by atoms with van der Waals surface area (Å²) in [4.78, 5) is 8.95. The molecule has 1 aromatic rings. The average Bonchev–Trinajstić information content (AvgIpc) is 2.38. The number of rotatable bonds is 8. The quantitative estimate of drug-likeness (QED) is 0.742. The SMILES string of the molecule is CCCNCc1nc(N(C)CCN(C)C)ccc1Cl. The summed E-state index contributed by atoms with van der Waals surface area (Å²) < 4.78 is 0. The first-order valence-electron chi connectivity index (χ1n) is 6.76. The van der Waals surface area contributed by atoms with E-state index in [0.717, 1.165) is 49.1 Å². The van der Waals surface area contributed by atoms with Crippen LogP contribution in [0.1, 0.15) is 19.0 Å². The molecular formula is C14H25ClN4. The molecule has 1 rings (SSSR count). The number of hydrogen-bond acceptors (Lipinski definition) is 4. The van der Waals surface area contributed by atoms with Crippen molar-refractivity contribution in [1.29, 1.82) is 0 Å². The Balaban J connectivity index is 2.66. The Labute approximate surface area is 121 Å². The summed E-state index contributed by atoms with van der Waals surface area (Å²) >= 11 is 6.18. The van der Waals surface area contributed by atoms with Gasteiger partial charge in [-0.05, 0) is 39.2 Å². The van der Waals surface area contributed by atoms with Gasteiger partial charge in [0, 0.05) is 26.7 Å². The van der Waals surface area contributed by atoms with Crippen molar-refractivity contribution in [3.05, 3.63) is 22.8 Å². The third kappa shape index (κ3) is 5.76. The minimum Gasteiger partial charge on any atom is -0.358 e. The number of halogens is 1. The molecule has 0 atom stereocenters. The van der Waals surface area contributed by atoms with Crippen molar-refractivity contribution in [3.8, 4) is 0 Å². The highest BCUT2D eigenvalue weighted by Crippen LogP contribution is 2.18. The first-order valence-corrected chi connectivity index (χ1v) is 7.14. The van der Waals surface area contributed by atoms with Crippen LogP contribution in [0, 0.1) is 0 Å². The van der Waals surface area contributed by atoms with Gasteiger partial charge >= 0.3 is 0 Å². The molecule has 0 spiro atoms. The van der Waals surface area contributed by atoms with E-state index in [9.17, 15) is 0 Å². The lowest BCUT2D eigenvalue weighted by Crippen LogP contribution is -2.29. The van der Waals surface area contributed by atoms with Crippen molar-refractivity contribution < 1.29 is 0 Å². The topological polar surface area (TPSA) is 31.4 Å². The number of hydrogen-bond donors (Lipinski definition) is 1. The van der Waals surface area contributed by atoms with Gasteiger partial charge in [0.1, 0.15) is 5.82 Å². The van der Waals surface area contributed by atoms with E-state index in [1.54, 1.807) is 0 Å². The van der Waals surface area contributed by atoms with Crippen LogP contribution in [0.4, 0.5) is 5.82 Å². The Morgan fingerprint density at radius 2 is 1.95 bits per heavy atom. The second-order valence-electron chi connectivity index (χ2n) is 5.00. The number of nitrogens with zero attached hydrogens (tertiary/aromatic N) is 3. The first-order chi connectivity index (χ1) is 9.04. The molecule has 4 nitrogen and oxygen atoms in total. The summed E-state index contributed by atoms with van der Waals surface area (Å²) in [5, 5.41) is 4.06. The predicted octanol–water partition coefficient (Wildman–Crippen LogP) is 2.23. The summed E-state index contributed by atoms with van der Waals surface area (Å²) in [6.45, 7) is 5.81. The Morgan fingerprint density at radius 1 is 1.21 bits per heavy atom. The molecule has 1 N–H and O–H groups in total. The summed E-state index contributed by atoms with van der Waals surface area (Å²) in [5.41, 5.74) is 0.921. The van der Waals surface area contributed by atoms with Crippen LogP contribution in [0.25, 0.3) is 0 Å². The molecule has 0 fully saturated rings. The third-order valence-corrected chi connectivity index (χ3v) is 3.24. The van der Waals surface area contributed by atoms with Crippen molar-refractivity contribution in [1.82, 2.24) is 15.2 Å². The molecular weight excluding hydrogens is 260 g/mol. The van der Waals surface area contributed by atoms with E-state index in [2.05, 4.69) is 48.2 Å². The largest absolute Gasteiger partial charge is 0.358 e. The Morgan fingerprint density at radius 3 is 2.58 bits per heavy atom. The lowest BCUT2D eigenvalue weighted by Gasteiger charge is -2.21. The van der Waals surface area contributed by atoms with Crippen LogP contribution in [-0.4, -0.2) is 50.7 Å². The minimum absolute atomic E-state index is 0.724. The van der Waals surface area contributed by atoms with Crippen molar-refractivity contribution >= 4 is 17.4 Å². The zero-order chi connectivity index (χ0) is 14.3. The van der Waals surface area contributed by atoms with E-state index in [0.29, 0.717) is 0 Å². The molecule has 0 bridgehead atoms. The van der Waals surface area contributed by atoms with Gasteiger partial charge in [0.2, 0.25) is 0 Å². The Bertz CT molecular complexity index is 382. The van der Waals surface area contributed by atoms with Crippen LogP contribution in [0.3, 0.4) is 0 Å². The highest BCUT2D eigenvalue weighted by Gasteiger charge is 2.07. The summed E-state index contributed by atoms with van der Waals surface area (Å²) in [7, 11) is 6.20. The fourth-order valence-corrected chi connectivity index (χ4v) is 1.83. The molecule has 0 aliphatic carbocycles. The molecule has 0 saturated carbocycles. The fourth-order valence-electron chi connectivity index (χ4n) is 1.66. The molecule has 0 aliphatic rings. The lowest BCUT2D eigenvalue weighted by molar-refractivity contribution is 0.416. The maximum atomic E-state index is 6.18. The van der Waals surface area contributed by atoms with E-state index in [1.165, 1.54) is 0 Å². The van der Waals surface area contributed by atoms with Crippen molar-refractivity contribution in [3.63, 3.8) is 0 Å². The second-order valence-corrected chi connectivity index (χ2v) is 5.41. The smallest absolute Gasteiger partial charge is 0.128 e. The molecule has 0 radical (unpaired) electrons. The fraction of sp³-hybridized carbons (Fsp3) is 0.643. The van der Waals surface area contributed by atoms with Crippen LogP contribution < -0.4 is 10.2 Å². The summed E-state index contributed by atoms with van der Waals surface area (Å²) in [5.74, 6) is 0.972. The molecule has 108 valence electrons. The molecule has 0 unspecified atom stereocenters. The zero-order valence-electron chi connectivity index (χ0n) is 12.4. The van der Waals surface area contributed by atoms with Gasteiger partial charge in [0.15, 0.2) is 0 Å². The van der Waals surface area contributed by atoms with Gasteiger partial charge in [-0.2, -0.15) is 0 Å². The molecule has 0 aliphatic heterocycles. The van der Waals surface area contributed by atoms with Gasteiger partial charge in [0.05, 0.1) is 10.7 Å². The maximum absolute atomic E-state index is 6.18. The van der Waals surface area contributed by atoms with Crippen LogP contribution in [0.5, 0.6) is 0 Å². The summed E-state index contributed by atoms with van der Waals surface area (Å²) in [6, 6.07) is 3.90. The lowest BCUT2D eigenvalue weighted by atomic mass is 10.3. The van der Waals surface area contributed by atoms with Crippen molar-refractivity contribution in [2.75, 3.05) is 45.7 Å². The van der Waals surface area contributed by atoms with Crippen LogP contribution in [-0.2, 0) is 6.54 Å². The Kier molecular flexibility index (Phi) is 7.13. The minimum atomic E-state index is 0.724. The Hall–Kier alpha value is -0.840. The van der Waals surface area contributed by atoms with Crippen molar-refractivity contribution in [2.45, 2.75) is 19.9 Å². The zero-order valence-corrected chi connectivity index (χ0v) is 13.2. The molecule has 1 heterocycles. The van der Waals surface area contributed by atoms with Gasteiger partial charge in [-0.25, -0.2) is 4.98 Å². The van der Waals surface area contributed by atoms with Gasteiger partial charge in [-0.15, -0.1) is 0 Å². The second kappa shape index (κ2) is 8.35. The first kappa shape index (κ1) is 16.2. The van der Waals surface area contributed by atoms with Gasteiger partial charge in [-0.3, -0.25) is 0 Å². The van der Waals surface area contributed by atoms with Gasteiger partial charge < -0.3 is 15.1 Å². The van der Waals surface area contributed by atoms with Crippen LogP contribution in [0.2, 0.25) is 5.02 Å². The molecule has 1 aromatic heterocycles. The van der Waals surface area contributed by atoms with Gasteiger partial charge in [0.25, 0.3) is 0 Å². The van der Waals surface area contributed by atoms with Crippen LogP contribution in [0.15, 0.2) is 12.1 Å². The normalized spacial score (nSPS) is 11.1. The van der Waals surface area contributed by atoms with Gasteiger partial charge in [-0.1, -0.05) is 18.5 Å². The average molecular weight is 285 g/mol. The predicted molar refractivity (Wildman–Crippen MR) is 83.1 cm³/mol. The van der Waals surface area contributed by atoms with E-state index >= 15 is 0 Å². The number of anilines is 1. The standard InChI is InChI=1S/C14H25ClN4/c1-5-8-16-11-13-12(15)6-7-14(17-13)19(4)10-9-18(2)3/h6-7,16H,5,8-11H2,1-4H3. The molecule has 0 aromatic carbocycles. The van der Waals surface area contributed by atoms with Crippen molar-refractivity contribution in [2.24, 2.45) is 0 Å². The van der Waals surface area contributed by atoms with Crippen LogP contribution >= 0.6 is 11.6 Å². The number of aromatic nitrogens is 1. The van der Waals surface area contributed by atoms with E-state index < -0.39 is 0 Å². The molecule has 19 heavy (non-hydrogen) atoms. The number of likely N-dealkylation sites (N-methyl/N-ethyl adjacent to an activating group) is 2. The highest BCUT2D eigenvalue weighted by atomic mass is 35.5. The van der Waals surface area contributed by atoms with E-state index in [-0.39, 0.29) is 0 Å². The summed E-state index contributed by atoms with van der Waals surface area (Å²) in [6.07, 6.45) is 1.11. The maximum Gasteiger partial charge on any atom is 0.128 e. The monoisotopic (exact) mass is 284 g/mol. The molecule has 0 amide bonds. The molecule has 0 saturated heterocycles. The molecule has 5 heteroatoms. The highest BCUT2D eigenvalue weighted by molar-refractivity contribution is 6.31.